The molecule has 4 heteroatoms. The highest BCUT2D eigenvalue weighted by Crippen LogP contribution is 2.22. The first-order chi connectivity index (χ1) is 6.91. The van der Waals surface area contributed by atoms with Crippen molar-refractivity contribution in [3.8, 4) is 0 Å². The van der Waals surface area contributed by atoms with Crippen LogP contribution >= 0.6 is 23.2 Å². The van der Waals surface area contributed by atoms with E-state index in [1.807, 2.05) is 32.9 Å². The summed E-state index contributed by atoms with van der Waals surface area (Å²) in [6.07, 6.45) is 0. The lowest BCUT2D eigenvalue weighted by molar-refractivity contribution is -0.114. The van der Waals surface area contributed by atoms with Crippen LogP contribution in [0, 0.1) is 20.8 Å². The molecule has 1 amide bonds. The molecule has 0 saturated carbocycles. The number of hydrogen-bond acceptors (Lipinski definition) is 1. The minimum atomic E-state index is -1.04. The van der Waals surface area contributed by atoms with Gasteiger partial charge in [0.1, 0.15) is 0 Å². The third kappa shape index (κ3) is 3.11. The first-order valence-electron chi connectivity index (χ1n) is 4.58. The normalized spacial score (nSPS) is 10.5. The lowest BCUT2D eigenvalue weighted by Gasteiger charge is -2.12. The van der Waals surface area contributed by atoms with Gasteiger partial charge in [0.2, 0.25) is 0 Å². The second-order valence-electron chi connectivity index (χ2n) is 3.56. The van der Waals surface area contributed by atoms with Gasteiger partial charge in [0, 0.05) is 5.69 Å². The molecule has 0 radical (unpaired) electrons. The molecule has 0 spiro atoms. The van der Waals surface area contributed by atoms with E-state index < -0.39 is 10.7 Å². The van der Waals surface area contributed by atoms with Crippen LogP contribution in [-0.2, 0) is 4.79 Å². The summed E-state index contributed by atoms with van der Waals surface area (Å²) in [4.78, 5) is 10.3. The maximum absolute atomic E-state index is 11.3. The number of alkyl halides is 2. The van der Waals surface area contributed by atoms with Gasteiger partial charge in [-0.15, -0.1) is 0 Å². The number of halogens is 2. The highest BCUT2D eigenvalue weighted by molar-refractivity contribution is 6.54. The summed E-state index contributed by atoms with van der Waals surface area (Å²) in [5.74, 6) is -0.395. The van der Waals surface area contributed by atoms with E-state index in [0.29, 0.717) is 0 Å². The average molecular weight is 246 g/mol. The fourth-order valence-electron chi connectivity index (χ4n) is 1.55. The zero-order chi connectivity index (χ0) is 11.6. The van der Waals surface area contributed by atoms with Crippen LogP contribution in [0.3, 0.4) is 0 Å². The molecule has 1 aromatic carbocycles. The second-order valence-corrected chi connectivity index (χ2v) is 4.66. The Morgan fingerprint density at radius 1 is 1.20 bits per heavy atom. The highest BCUT2D eigenvalue weighted by Gasteiger charge is 2.13. The van der Waals surface area contributed by atoms with Crippen LogP contribution in [0.4, 0.5) is 5.69 Å². The summed E-state index contributed by atoms with van der Waals surface area (Å²) in [7, 11) is 0. The summed E-state index contributed by atoms with van der Waals surface area (Å²) in [5.41, 5.74) is 3.97. The maximum Gasteiger partial charge on any atom is 0.257 e. The molecule has 0 saturated heterocycles. The number of anilines is 1. The maximum atomic E-state index is 11.3. The van der Waals surface area contributed by atoms with Crippen molar-refractivity contribution in [3.05, 3.63) is 28.8 Å². The molecule has 1 N–H and O–H groups in total. The Kier molecular flexibility index (Phi) is 4.00. The number of nitrogens with one attached hydrogen (secondary N) is 1. The third-order valence-corrected chi connectivity index (χ3v) is 2.52. The smallest absolute Gasteiger partial charge is 0.257 e. The monoisotopic (exact) mass is 245 g/mol. The second kappa shape index (κ2) is 4.86. The van der Waals surface area contributed by atoms with Gasteiger partial charge < -0.3 is 5.32 Å². The van der Waals surface area contributed by atoms with E-state index in [2.05, 4.69) is 5.32 Å². The molecule has 0 unspecified atom stereocenters. The largest absolute Gasteiger partial charge is 0.323 e. The number of rotatable bonds is 2. The van der Waals surface area contributed by atoms with Gasteiger partial charge in [0.05, 0.1) is 0 Å². The molecule has 0 bridgehead atoms. The number of amides is 1. The molecule has 1 rings (SSSR count). The lowest BCUT2D eigenvalue weighted by atomic mass is 10.1. The van der Waals surface area contributed by atoms with Gasteiger partial charge in [-0.25, -0.2) is 0 Å². The predicted octanol–water partition coefficient (Wildman–Crippen LogP) is 3.35. The summed E-state index contributed by atoms with van der Waals surface area (Å²) >= 11 is 10.9. The van der Waals surface area contributed by atoms with Crippen molar-refractivity contribution in [3.63, 3.8) is 0 Å². The zero-order valence-electron chi connectivity index (χ0n) is 8.90. The number of aryl methyl sites for hydroxylation is 3. The quantitative estimate of drug-likeness (QED) is 0.796. The van der Waals surface area contributed by atoms with Crippen LogP contribution in [0.1, 0.15) is 16.7 Å². The highest BCUT2D eigenvalue weighted by atomic mass is 35.5. The van der Waals surface area contributed by atoms with Gasteiger partial charge >= 0.3 is 0 Å². The Labute approximate surface area is 99.6 Å². The van der Waals surface area contributed by atoms with Crippen molar-refractivity contribution in [1.29, 1.82) is 0 Å². The van der Waals surface area contributed by atoms with Crippen LogP contribution in [-0.4, -0.2) is 10.7 Å². The van der Waals surface area contributed by atoms with Crippen LogP contribution in [0.25, 0.3) is 0 Å². The van der Waals surface area contributed by atoms with Gasteiger partial charge in [-0.2, -0.15) is 0 Å². The predicted molar refractivity (Wildman–Crippen MR) is 64.8 cm³/mol. The fourth-order valence-corrected chi connectivity index (χ4v) is 1.66. The van der Waals surface area contributed by atoms with Crippen LogP contribution < -0.4 is 5.32 Å². The van der Waals surface area contributed by atoms with Crippen molar-refractivity contribution in [2.75, 3.05) is 5.32 Å². The van der Waals surface area contributed by atoms with E-state index in [-0.39, 0.29) is 0 Å². The molecule has 82 valence electrons. The molecule has 0 fully saturated rings. The van der Waals surface area contributed by atoms with E-state index in [1.54, 1.807) is 0 Å². The number of hydrogen-bond donors (Lipinski definition) is 1. The summed E-state index contributed by atoms with van der Waals surface area (Å²) in [5, 5.41) is 2.70. The van der Waals surface area contributed by atoms with E-state index in [1.165, 1.54) is 0 Å². The number of carbonyl (C=O) groups is 1. The Morgan fingerprint density at radius 2 is 1.67 bits per heavy atom. The fraction of sp³-hybridized carbons (Fsp3) is 0.364. The van der Waals surface area contributed by atoms with E-state index in [0.717, 1.165) is 22.4 Å². The van der Waals surface area contributed by atoms with E-state index >= 15 is 0 Å². The molecule has 1 aromatic rings. The summed E-state index contributed by atoms with van der Waals surface area (Å²) in [6, 6.07) is 4.00. The molecule has 15 heavy (non-hydrogen) atoms. The minimum Gasteiger partial charge on any atom is -0.323 e. The Bertz CT molecular complexity index is 365. The average Bonchev–Trinajstić information content (AvgIpc) is 2.10. The van der Waals surface area contributed by atoms with Crippen LogP contribution in [0.15, 0.2) is 12.1 Å². The third-order valence-electron chi connectivity index (χ3n) is 2.12. The lowest BCUT2D eigenvalue weighted by Crippen LogP contribution is -2.19. The SMILES string of the molecule is Cc1cc(C)c(NC(=O)C(Cl)Cl)c(C)c1. The van der Waals surface area contributed by atoms with Gasteiger partial charge in [0.15, 0.2) is 4.84 Å². The summed E-state index contributed by atoms with van der Waals surface area (Å²) < 4.78 is 0. The van der Waals surface area contributed by atoms with Gasteiger partial charge in [-0.05, 0) is 31.9 Å². The molecule has 0 aromatic heterocycles. The van der Waals surface area contributed by atoms with E-state index in [4.69, 9.17) is 23.2 Å². The Hall–Kier alpha value is -0.730. The van der Waals surface area contributed by atoms with E-state index in [9.17, 15) is 4.79 Å². The van der Waals surface area contributed by atoms with Gasteiger partial charge in [-0.3, -0.25) is 4.79 Å². The first-order valence-corrected chi connectivity index (χ1v) is 5.46. The number of benzene rings is 1. The van der Waals surface area contributed by atoms with Crippen molar-refractivity contribution in [1.82, 2.24) is 0 Å². The Balaban J connectivity index is 3.00. The Morgan fingerprint density at radius 3 is 2.07 bits per heavy atom. The van der Waals surface area contributed by atoms with Gasteiger partial charge in [-0.1, -0.05) is 40.9 Å². The molecule has 0 aliphatic heterocycles. The number of carbonyl (C=O) groups excluding carboxylic acids is 1. The van der Waals surface area contributed by atoms with Gasteiger partial charge in [0.25, 0.3) is 5.91 Å². The standard InChI is InChI=1S/C11H13Cl2NO/c1-6-4-7(2)9(8(3)5-6)14-11(15)10(12)13/h4-5,10H,1-3H3,(H,14,15). The molecule has 0 heterocycles. The zero-order valence-corrected chi connectivity index (χ0v) is 10.4. The van der Waals surface area contributed by atoms with Crippen molar-refractivity contribution >= 4 is 34.8 Å². The molecule has 0 atom stereocenters. The molecule has 0 aliphatic carbocycles. The van der Waals surface area contributed by atoms with Crippen molar-refractivity contribution in [2.24, 2.45) is 0 Å². The molecular formula is C11H13Cl2NO. The minimum absolute atomic E-state index is 0.395. The van der Waals surface area contributed by atoms with Crippen LogP contribution in [0.2, 0.25) is 0 Å². The van der Waals surface area contributed by atoms with Crippen molar-refractivity contribution in [2.45, 2.75) is 25.6 Å². The summed E-state index contributed by atoms with van der Waals surface area (Å²) in [6.45, 7) is 5.89. The topological polar surface area (TPSA) is 29.1 Å². The first kappa shape index (κ1) is 12.3. The molecule has 2 nitrogen and oxygen atoms in total. The van der Waals surface area contributed by atoms with Crippen molar-refractivity contribution < 1.29 is 4.79 Å². The van der Waals surface area contributed by atoms with Crippen LogP contribution in [0.5, 0.6) is 0 Å². The molecule has 0 aliphatic rings. The molecular weight excluding hydrogens is 233 g/mol.